The molecule has 0 aliphatic rings. The van der Waals surface area contributed by atoms with E-state index in [-0.39, 0.29) is 11.7 Å². The van der Waals surface area contributed by atoms with Gasteiger partial charge in [-0.15, -0.1) is 0 Å². The Balaban J connectivity index is 1.73. The van der Waals surface area contributed by atoms with E-state index in [1.165, 1.54) is 6.07 Å². The van der Waals surface area contributed by atoms with E-state index in [9.17, 15) is 9.18 Å². The van der Waals surface area contributed by atoms with Gasteiger partial charge in [-0.2, -0.15) is 0 Å². The highest BCUT2D eigenvalue weighted by Crippen LogP contribution is 2.08. The summed E-state index contributed by atoms with van der Waals surface area (Å²) in [6.07, 6.45) is 0. The Bertz CT molecular complexity index is 789. The lowest BCUT2D eigenvalue weighted by molar-refractivity contribution is 0.0954. The average molecular weight is 356 g/mol. The van der Waals surface area contributed by atoms with Crippen LogP contribution in [0.2, 0.25) is 0 Å². The standard InChI is InChI=1S/C20H25FN4O/c1-14-5-4-6-17(11-14)19(26)23-9-10-24-20(22-3)25-13-16-8-7-15(2)18(21)12-16/h4-8,11-12H,9-10,13H2,1-3H3,(H,23,26)(H2,22,24,25). The number of halogens is 1. The number of rotatable bonds is 6. The van der Waals surface area contributed by atoms with E-state index < -0.39 is 0 Å². The van der Waals surface area contributed by atoms with Crippen LogP contribution in [0.4, 0.5) is 4.39 Å². The molecule has 0 fully saturated rings. The number of carbonyl (C=O) groups is 1. The van der Waals surface area contributed by atoms with E-state index in [0.717, 1.165) is 11.1 Å². The van der Waals surface area contributed by atoms with Crippen LogP contribution >= 0.6 is 0 Å². The van der Waals surface area contributed by atoms with Crippen LogP contribution in [0.3, 0.4) is 0 Å². The summed E-state index contributed by atoms with van der Waals surface area (Å²) in [5.41, 5.74) is 3.16. The summed E-state index contributed by atoms with van der Waals surface area (Å²) in [5.74, 6) is 0.274. The Morgan fingerprint density at radius 2 is 1.81 bits per heavy atom. The highest BCUT2D eigenvalue weighted by molar-refractivity contribution is 5.94. The maximum absolute atomic E-state index is 13.6. The minimum atomic E-state index is -0.217. The van der Waals surface area contributed by atoms with Crippen LogP contribution in [0.1, 0.15) is 27.0 Å². The summed E-state index contributed by atoms with van der Waals surface area (Å²) in [6, 6.07) is 12.6. The molecule has 0 heterocycles. The van der Waals surface area contributed by atoms with E-state index in [2.05, 4.69) is 20.9 Å². The number of amides is 1. The Morgan fingerprint density at radius 1 is 1.04 bits per heavy atom. The van der Waals surface area contributed by atoms with Gasteiger partial charge < -0.3 is 16.0 Å². The molecule has 0 unspecified atom stereocenters. The summed E-state index contributed by atoms with van der Waals surface area (Å²) >= 11 is 0. The minimum absolute atomic E-state index is 0.103. The lowest BCUT2D eigenvalue weighted by atomic mass is 10.1. The van der Waals surface area contributed by atoms with Crippen LogP contribution in [-0.4, -0.2) is 32.0 Å². The molecule has 0 aliphatic heterocycles. The van der Waals surface area contributed by atoms with Crippen LogP contribution in [-0.2, 0) is 6.54 Å². The number of hydrogen-bond acceptors (Lipinski definition) is 2. The van der Waals surface area contributed by atoms with Crippen molar-refractivity contribution in [1.82, 2.24) is 16.0 Å². The molecule has 138 valence electrons. The average Bonchev–Trinajstić information content (AvgIpc) is 2.63. The predicted octanol–water partition coefficient (Wildman–Crippen LogP) is 2.54. The van der Waals surface area contributed by atoms with Crippen molar-refractivity contribution in [3.05, 3.63) is 70.5 Å². The summed E-state index contributed by atoms with van der Waals surface area (Å²) < 4.78 is 13.6. The number of carbonyl (C=O) groups excluding carboxylic acids is 1. The Hall–Kier alpha value is -2.89. The molecule has 2 aromatic rings. The van der Waals surface area contributed by atoms with E-state index in [4.69, 9.17) is 0 Å². The van der Waals surface area contributed by atoms with Crippen molar-refractivity contribution in [2.24, 2.45) is 4.99 Å². The van der Waals surface area contributed by atoms with Gasteiger partial charge >= 0.3 is 0 Å². The zero-order valence-corrected chi connectivity index (χ0v) is 15.4. The van der Waals surface area contributed by atoms with Crippen LogP contribution < -0.4 is 16.0 Å². The second-order valence-electron chi connectivity index (χ2n) is 6.06. The van der Waals surface area contributed by atoms with Crippen molar-refractivity contribution < 1.29 is 9.18 Å². The van der Waals surface area contributed by atoms with Gasteiger partial charge in [-0.05, 0) is 43.2 Å². The van der Waals surface area contributed by atoms with Gasteiger partial charge in [0.05, 0.1) is 0 Å². The van der Waals surface area contributed by atoms with Gasteiger partial charge in [-0.1, -0.05) is 29.8 Å². The Morgan fingerprint density at radius 3 is 2.50 bits per heavy atom. The molecular formula is C20H25FN4O. The normalized spacial score (nSPS) is 11.2. The number of aryl methyl sites for hydroxylation is 2. The van der Waals surface area contributed by atoms with Gasteiger partial charge in [0.2, 0.25) is 0 Å². The van der Waals surface area contributed by atoms with Crippen molar-refractivity contribution in [2.75, 3.05) is 20.1 Å². The van der Waals surface area contributed by atoms with E-state index in [1.807, 2.05) is 31.2 Å². The second-order valence-corrected chi connectivity index (χ2v) is 6.06. The molecule has 1 amide bonds. The molecule has 0 saturated heterocycles. The first-order valence-electron chi connectivity index (χ1n) is 8.54. The third kappa shape index (κ3) is 5.88. The first kappa shape index (κ1) is 19.4. The second kappa shape index (κ2) is 9.56. The number of aliphatic imine (C=N–C) groups is 1. The van der Waals surface area contributed by atoms with E-state index in [0.29, 0.717) is 36.7 Å². The maximum atomic E-state index is 13.6. The van der Waals surface area contributed by atoms with E-state index >= 15 is 0 Å². The van der Waals surface area contributed by atoms with Crippen molar-refractivity contribution in [3.63, 3.8) is 0 Å². The molecular weight excluding hydrogens is 331 g/mol. The Labute approximate surface area is 153 Å². The van der Waals surface area contributed by atoms with Gasteiger partial charge in [0.15, 0.2) is 5.96 Å². The van der Waals surface area contributed by atoms with Gasteiger partial charge in [0.25, 0.3) is 5.91 Å². The van der Waals surface area contributed by atoms with Crippen LogP contribution in [0, 0.1) is 19.7 Å². The van der Waals surface area contributed by atoms with Crippen molar-refractivity contribution in [2.45, 2.75) is 20.4 Å². The molecule has 6 heteroatoms. The molecule has 0 saturated carbocycles. The molecule has 0 radical (unpaired) electrons. The quantitative estimate of drug-likeness (QED) is 0.423. The van der Waals surface area contributed by atoms with E-state index in [1.54, 1.807) is 26.1 Å². The summed E-state index contributed by atoms with van der Waals surface area (Å²) in [7, 11) is 1.66. The number of benzene rings is 2. The fraction of sp³-hybridized carbons (Fsp3) is 0.300. The van der Waals surface area contributed by atoms with Crippen LogP contribution in [0.5, 0.6) is 0 Å². The molecule has 0 aliphatic carbocycles. The molecule has 5 nitrogen and oxygen atoms in total. The fourth-order valence-electron chi connectivity index (χ4n) is 2.40. The third-order valence-corrected chi connectivity index (χ3v) is 3.90. The largest absolute Gasteiger partial charge is 0.355 e. The molecule has 0 aromatic heterocycles. The van der Waals surface area contributed by atoms with Crippen LogP contribution in [0.25, 0.3) is 0 Å². The van der Waals surface area contributed by atoms with Gasteiger partial charge in [-0.3, -0.25) is 9.79 Å². The maximum Gasteiger partial charge on any atom is 0.251 e. The first-order chi connectivity index (χ1) is 12.5. The molecule has 26 heavy (non-hydrogen) atoms. The lowest BCUT2D eigenvalue weighted by Crippen LogP contribution is -2.41. The minimum Gasteiger partial charge on any atom is -0.355 e. The monoisotopic (exact) mass is 356 g/mol. The zero-order chi connectivity index (χ0) is 18.9. The smallest absolute Gasteiger partial charge is 0.251 e. The SMILES string of the molecule is CN=C(NCCNC(=O)c1cccc(C)c1)NCc1ccc(C)c(F)c1. The molecule has 0 spiro atoms. The topological polar surface area (TPSA) is 65.5 Å². The molecule has 0 atom stereocenters. The van der Waals surface area contributed by atoms with Crippen LogP contribution in [0.15, 0.2) is 47.5 Å². The Kier molecular flexibility index (Phi) is 7.14. The first-order valence-corrected chi connectivity index (χ1v) is 8.54. The summed E-state index contributed by atoms with van der Waals surface area (Å²) in [6.45, 7) is 5.14. The van der Waals surface area contributed by atoms with Crippen molar-refractivity contribution in [1.29, 1.82) is 0 Å². The lowest BCUT2D eigenvalue weighted by Gasteiger charge is -2.13. The van der Waals surface area contributed by atoms with Gasteiger partial charge in [0, 0.05) is 32.2 Å². The molecule has 3 N–H and O–H groups in total. The molecule has 0 bridgehead atoms. The van der Waals surface area contributed by atoms with Gasteiger partial charge in [-0.25, -0.2) is 4.39 Å². The summed E-state index contributed by atoms with van der Waals surface area (Å²) in [5, 5.41) is 9.09. The zero-order valence-electron chi connectivity index (χ0n) is 15.4. The predicted molar refractivity (Wildman–Crippen MR) is 103 cm³/mol. The number of nitrogens with one attached hydrogen (secondary N) is 3. The van der Waals surface area contributed by atoms with Gasteiger partial charge in [0.1, 0.15) is 5.82 Å². The van der Waals surface area contributed by atoms with Crippen molar-refractivity contribution in [3.8, 4) is 0 Å². The number of hydrogen-bond donors (Lipinski definition) is 3. The molecule has 2 aromatic carbocycles. The number of nitrogens with zero attached hydrogens (tertiary/aromatic N) is 1. The fourth-order valence-corrected chi connectivity index (χ4v) is 2.40. The molecule has 2 rings (SSSR count). The highest BCUT2D eigenvalue weighted by atomic mass is 19.1. The highest BCUT2D eigenvalue weighted by Gasteiger charge is 2.05. The third-order valence-electron chi connectivity index (χ3n) is 3.90. The van der Waals surface area contributed by atoms with Crippen molar-refractivity contribution >= 4 is 11.9 Å². The number of guanidine groups is 1. The summed E-state index contributed by atoms with van der Waals surface area (Å²) in [4.78, 5) is 16.2.